The van der Waals surface area contributed by atoms with Crippen molar-refractivity contribution in [3.8, 4) is 15.5 Å². The van der Waals surface area contributed by atoms with Crippen molar-refractivity contribution in [3.63, 3.8) is 0 Å². The summed E-state index contributed by atoms with van der Waals surface area (Å²) < 4.78 is 0. The third-order valence-corrected chi connectivity index (χ3v) is 7.18. The van der Waals surface area contributed by atoms with Crippen LogP contribution in [0.3, 0.4) is 0 Å². The summed E-state index contributed by atoms with van der Waals surface area (Å²) in [5, 5.41) is 11.5. The van der Waals surface area contributed by atoms with Gasteiger partial charge in [0.15, 0.2) is 0 Å². The highest BCUT2D eigenvalue weighted by Crippen LogP contribution is 2.46. The molecule has 116 valence electrons. The van der Waals surface area contributed by atoms with E-state index in [9.17, 15) is 9.90 Å². The molecule has 1 fully saturated rings. The first kappa shape index (κ1) is 14.8. The van der Waals surface area contributed by atoms with Gasteiger partial charge in [0, 0.05) is 20.3 Å². The van der Waals surface area contributed by atoms with Crippen LogP contribution in [-0.4, -0.2) is 16.8 Å². The second-order valence-corrected chi connectivity index (χ2v) is 8.25. The molecule has 1 saturated heterocycles. The van der Waals surface area contributed by atoms with E-state index in [1.807, 2.05) is 4.90 Å². The fourth-order valence-corrected chi connectivity index (χ4v) is 5.80. The van der Waals surface area contributed by atoms with Crippen molar-refractivity contribution in [1.29, 1.82) is 0 Å². The van der Waals surface area contributed by atoms with Gasteiger partial charge in [0.25, 0.3) is 0 Å². The van der Waals surface area contributed by atoms with Gasteiger partial charge in [-0.2, -0.15) is 0 Å². The lowest BCUT2D eigenvalue weighted by atomic mass is 10.2. The van der Waals surface area contributed by atoms with Crippen molar-refractivity contribution in [2.45, 2.75) is 5.37 Å². The number of phenolic OH excluding ortho intramolecular Hbond substituents is 1. The summed E-state index contributed by atoms with van der Waals surface area (Å²) in [6.45, 7) is 0. The SMILES string of the molecule is O=C1CSC(c2ccc(-c3cccs3)s2)N1c1ccc(O)cc1. The molecule has 1 N–H and O–H groups in total. The molecule has 1 aliphatic rings. The number of nitrogens with zero attached hydrogens (tertiary/aromatic N) is 1. The number of thioether (sulfide) groups is 1. The van der Waals surface area contributed by atoms with Gasteiger partial charge in [0.2, 0.25) is 5.91 Å². The lowest BCUT2D eigenvalue weighted by Gasteiger charge is -2.23. The predicted molar refractivity (Wildman–Crippen MR) is 98.4 cm³/mol. The molecule has 3 aromatic rings. The summed E-state index contributed by atoms with van der Waals surface area (Å²) in [5.41, 5.74) is 0.828. The minimum Gasteiger partial charge on any atom is -0.508 e. The molecule has 1 amide bonds. The second kappa shape index (κ2) is 6.03. The average Bonchev–Trinajstić information content (AvgIpc) is 3.27. The number of benzene rings is 1. The van der Waals surface area contributed by atoms with Crippen molar-refractivity contribution < 1.29 is 9.90 Å². The number of phenols is 1. The van der Waals surface area contributed by atoms with E-state index < -0.39 is 0 Å². The Kier molecular flexibility index (Phi) is 3.88. The number of carbonyl (C=O) groups excluding carboxylic acids is 1. The van der Waals surface area contributed by atoms with Gasteiger partial charge >= 0.3 is 0 Å². The molecule has 0 bridgehead atoms. The molecule has 1 aliphatic heterocycles. The fraction of sp³-hybridized carbons (Fsp3) is 0.118. The monoisotopic (exact) mass is 359 g/mol. The number of thiophene rings is 2. The summed E-state index contributed by atoms with van der Waals surface area (Å²) in [7, 11) is 0. The number of hydrogen-bond donors (Lipinski definition) is 1. The van der Waals surface area contributed by atoms with E-state index in [1.54, 1.807) is 58.7 Å². The van der Waals surface area contributed by atoms with E-state index in [2.05, 4.69) is 29.6 Å². The van der Waals surface area contributed by atoms with E-state index >= 15 is 0 Å². The minimum absolute atomic E-state index is 0.00533. The molecular formula is C17H13NO2S3. The lowest BCUT2D eigenvalue weighted by molar-refractivity contribution is -0.115. The molecule has 3 heterocycles. The van der Waals surface area contributed by atoms with Crippen molar-refractivity contribution in [3.05, 3.63) is 58.8 Å². The first-order valence-electron chi connectivity index (χ1n) is 7.09. The summed E-state index contributed by atoms with van der Waals surface area (Å²) in [5.74, 6) is 0.801. The fourth-order valence-electron chi connectivity index (χ4n) is 2.56. The number of anilines is 1. The molecule has 0 saturated carbocycles. The first-order chi connectivity index (χ1) is 11.2. The molecule has 4 rings (SSSR count). The van der Waals surface area contributed by atoms with Crippen LogP contribution in [-0.2, 0) is 4.79 Å². The molecule has 3 nitrogen and oxygen atoms in total. The topological polar surface area (TPSA) is 40.5 Å². The first-order valence-corrected chi connectivity index (χ1v) is 9.83. The molecule has 0 spiro atoms. The molecule has 1 atom stereocenters. The molecule has 1 unspecified atom stereocenters. The van der Waals surface area contributed by atoms with E-state index in [0.29, 0.717) is 5.75 Å². The lowest BCUT2D eigenvalue weighted by Crippen LogP contribution is -2.27. The smallest absolute Gasteiger partial charge is 0.238 e. The van der Waals surface area contributed by atoms with Crippen molar-refractivity contribution in [2.75, 3.05) is 10.7 Å². The van der Waals surface area contributed by atoms with Gasteiger partial charge in [-0.15, -0.1) is 34.4 Å². The Morgan fingerprint density at radius 3 is 2.61 bits per heavy atom. The zero-order valence-corrected chi connectivity index (χ0v) is 14.5. The van der Waals surface area contributed by atoms with Crippen LogP contribution in [0.1, 0.15) is 10.3 Å². The van der Waals surface area contributed by atoms with Gasteiger partial charge in [-0.25, -0.2) is 0 Å². The molecule has 23 heavy (non-hydrogen) atoms. The Balaban J connectivity index is 1.67. The van der Waals surface area contributed by atoms with Gasteiger partial charge in [0.1, 0.15) is 11.1 Å². The molecular weight excluding hydrogens is 346 g/mol. The second-order valence-electron chi connectivity index (χ2n) is 5.12. The Morgan fingerprint density at radius 2 is 1.87 bits per heavy atom. The van der Waals surface area contributed by atoms with E-state index in [-0.39, 0.29) is 17.0 Å². The summed E-state index contributed by atoms with van der Waals surface area (Å²) in [6.07, 6.45) is 0. The standard InChI is InChI=1S/C17H13NO2S3/c19-12-5-3-11(4-6-12)18-16(20)10-22-17(18)15-8-7-14(23-15)13-2-1-9-21-13/h1-9,17,19H,10H2. The van der Waals surface area contributed by atoms with Crippen LogP contribution < -0.4 is 4.90 Å². The van der Waals surface area contributed by atoms with Crippen LogP contribution in [0.15, 0.2) is 53.9 Å². The molecule has 0 aliphatic carbocycles. The molecule has 1 aromatic carbocycles. The highest BCUT2D eigenvalue weighted by molar-refractivity contribution is 8.01. The maximum atomic E-state index is 12.3. The largest absolute Gasteiger partial charge is 0.508 e. The minimum atomic E-state index is 0.00533. The van der Waals surface area contributed by atoms with Crippen LogP contribution >= 0.6 is 34.4 Å². The van der Waals surface area contributed by atoms with Gasteiger partial charge in [0.05, 0.1) is 5.75 Å². The third kappa shape index (κ3) is 2.78. The van der Waals surface area contributed by atoms with E-state index in [4.69, 9.17) is 0 Å². The number of aromatic hydroxyl groups is 1. The highest BCUT2D eigenvalue weighted by Gasteiger charge is 2.35. The quantitative estimate of drug-likeness (QED) is 0.718. The number of rotatable bonds is 3. The van der Waals surface area contributed by atoms with E-state index in [0.717, 1.165) is 5.69 Å². The Hall–Kier alpha value is -1.76. The van der Waals surface area contributed by atoms with E-state index in [1.165, 1.54) is 14.6 Å². The number of amides is 1. The molecule has 2 aromatic heterocycles. The van der Waals surface area contributed by atoms with Gasteiger partial charge in [-0.1, -0.05) is 6.07 Å². The van der Waals surface area contributed by atoms with Crippen molar-refractivity contribution in [2.24, 2.45) is 0 Å². The van der Waals surface area contributed by atoms with Crippen LogP contribution in [0.5, 0.6) is 5.75 Å². The van der Waals surface area contributed by atoms with Crippen LogP contribution in [0.4, 0.5) is 5.69 Å². The number of hydrogen-bond acceptors (Lipinski definition) is 5. The average molecular weight is 359 g/mol. The normalized spacial score (nSPS) is 17.8. The summed E-state index contributed by atoms with van der Waals surface area (Å²) in [6, 6.07) is 15.2. The number of carbonyl (C=O) groups is 1. The van der Waals surface area contributed by atoms with Crippen LogP contribution in [0.25, 0.3) is 9.75 Å². The summed E-state index contributed by atoms with van der Waals surface area (Å²) >= 11 is 5.11. The van der Waals surface area contributed by atoms with Crippen LogP contribution in [0, 0.1) is 0 Å². The van der Waals surface area contributed by atoms with Crippen molar-refractivity contribution >= 4 is 46.0 Å². The predicted octanol–water partition coefficient (Wildman–Crippen LogP) is 4.96. The third-order valence-electron chi connectivity index (χ3n) is 3.63. The zero-order chi connectivity index (χ0) is 15.8. The van der Waals surface area contributed by atoms with Gasteiger partial charge < -0.3 is 5.11 Å². The Morgan fingerprint density at radius 1 is 1.04 bits per heavy atom. The van der Waals surface area contributed by atoms with Crippen molar-refractivity contribution in [1.82, 2.24) is 0 Å². The highest BCUT2D eigenvalue weighted by atomic mass is 32.2. The maximum Gasteiger partial charge on any atom is 0.238 e. The summed E-state index contributed by atoms with van der Waals surface area (Å²) in [4.78, 5) is 17.8. The van der Waals surface area contributed by atoms with Crippen LogP contribution in [0.2, 0.25) is 0 Å². The maximum absolute atomic E-state index is 12.3. The molecule has 6 heteroatoms. The Labute approximate surface area is 146 Å². The van der Waals surface area contributed by atoms with Gasteiger partial charge in [-0.3, -0.25) is 9.69 Å². The Bertz CT molecular complexity index is 824. The molecule has 0 radical (unpaired) electrons. The van der Waals surface area contributed by atoms with Gasteiger partial charge in [-0.05, 0) is 47.8 Å². The zero-order valence-electron chi connectivity index (χ0n) is 12.0.